The zero-order chi connectivity index (χ0) is 15.1. The van der Waals surface area contributed by atoms with Crippen molar-refractivity contribution in [2.75, 3.05) is 13.2 Å². The Labute approximate surface area is 126 Å². The highest BCUT2D eigenvalue weighted by atomic mass is 35.5. The van der Waals surface area contributed by atoms with Crippen molar-refractivity contribution in [3.63, 3.8) is 0 Å². The normalized spacial score (nSPS) is 10.7. The van der Waals surface area contributed by atoms with E-state index in [0.29, 0.717) is 13.2 Å². The Morgan fingerprint density at radius 3 is 2.30 bits per heavy atom. The number of nitrogens with one attached hydrogen (secondary N) is 1. The van der Waals surface area contributed by atoms with Gasteiger partial charge < -0.3 is 10.1 Å². The van der Waals surface area contributed by atoms with E-state index in [-0.39, 0.29) is 11.8 Å². The number of carbonyl (C=O) groups excluding carboxylic acids is 1. The number of benzene rings is 1. The first kappa shape index (κ1) is 16.8. The van der Waals surface area contributed by atoms with Crippen LogP contribution < -0.4 is 10.1 Å². The summed E-state index contributed by atoms with van der Waals surface area (Å²) in [5.41, 5.74) is 2.01. The summed E-state index contributed by atoms with van der Waals surface area (Å²) in [5.74, 6) is 1.01. The third-order valence-corrected chi connectivity index (χ3v) is 4.03. The van der Waals surface area contributed by atoms with Crippen LogP contribution >= 0.6 is 11.6 Å². The lowest BCUT2D eigenvalue weighted by Gasteiger charge is -2.14. The van der Waals surface area contributed by atoms with Gasteiger partial charge in [-0.1, -0.05) is 25.4 Å². The second-order valence-corrected chi connectivity index (χ2v) is 5.40. The fourth-order valence-corrected chi connectivity index (χ4v) is 2.25. The molecule has 1 aromatic rings. The maximum atomic E-state index is 11.8. The van der Waals surface area contributed by atoms with Crippen molar-refractivity contribution >= 4 is 17.5 Å². The fraction of sp³-hybridized carbons (Fsp3) is 0.562. The molecule has 0 saturated carbocycles. The zero-order valence-electron chi connectivity index (χ0n) is 12.8. The fourth-order valence-electron chi connectivity index (χ4n) is 2.14. The molecule has 1 amide bonds. The van der Waals surface area contributed by atoms with E-state index >= 15 is 0 Å². The maximum Gasteiger partial charge on any atom is 0.223 e. The third kappa shape index (κ3) is 4.71. The van der Waals surface area contributed by atoms with Crippen LogP contribution in [0.1, 0.15) is 37.8 Å². The summed E-state index contributed by atoms with van der Waals surface area (Å²) >= 11 is 6.11. The molecule has 0 aliphatic rings. The van der Waals surface area contributed by atoms with Crippen LogP contribution in [0.2, 0.25) is 5.02 Å². The molecule has 3 nitrogen and oxygen atoms in total. The van der Waals surface area contributed by atoms with E-state index in [2.05, 4.69) is 5.32 Å². The van der Waals surface area contributed by atoms with Gasteiger partial charge in [-0.15, -0.1) is 0 Å². The molecule has 0 heterocycles. The highest BCUT2D eigenvalue weighted by molar-refractivity contribution is 6.32. The Hall–Kier alpha value is -1.22. The van der Waals surface area contributed by atoms with Crippen molar-refractivity contribution in [1.29, 1.82) is 0 Å². The van der Waals surface area contributed by atoms with Gasteiger partial charge >= 0.3 is 0 Å². The Morgan fingerprint density at radius 2 is 1.80 bits per heavy atom. The molecule has 20 heavy (non-hydrogen) atoms. The number of rotatable bonds is 7. The van der Waals surface area contributed by atoms with Gasteiger partial charge in [-0.25, -0.2) is 0 Å². The number of hydrogen-bond donors (Lipinski definition) is 1. The van der Waals surface area contributed by atoms with Crippen molar-refractivity contribution < 1.29 is 9.53 Å². The Kier molecular flexibility index (Phi) is 6.86. The van der Waals surface area contributed by atoms with Crippen molar-refractivity contribution in [1.82, 2.24) is 5.32 Å². The van der Waals surface area contributed by atoms with Gasteiger partial charge in [0.1, 0.15) is 12.4 Å². The van der Waals surface area contributed by atoms with Gasteiger partial charge in [-0.2, -0.15) is 0 Å². The molecule has 4 heteroatoms. The summed E-state index contributed by atoms with van der Waals surface area (Å²) in [7, 11) is 0. The van der Waals surface area contributed by atoms with Gasteiger partial charge in [0.15, 0.2) is 0 Å². The number of halogens is 1. The monoisotopic (exact) mass is 297 g/mol. The zero-order valence-corrected chi connectivity index (χ0v) is 13.5. The largest absolute Gasteiger partial charge is 0.492 e. The number of aryl methyl sites for hydroxylation is 2. The smallest absolute Gasteiger partial charge is 0.223 e. The first-order chi connectivity index (χ1) is 9.49. The number of amides is 1. The van der Waals surface area contributed by atoms with Crippen LogP contribution in [0.5, 0.6) is 5.75 Å². The van der Waals surface area contributed by atoms with Gasteiger partial charge in [0, 0.05) is 10.9 Å². The Bertz CT molecular complexity index is 433. The summed E-state index contributed by atoms with van der Waals surface area (Å²) in [6.07, 6.45) is 1.75. The molecule has 0 radical (unpaired) electrons. The molecule has 0 saturated heterocycles. The number of carbonyl (C=O) groups is 1. The lowest BCUT2D eigenvalue weighted by Crippen LogP contribution is -2.33. The van der Waals surface area contributed by atoms with Crippen molar-refractivity contribution in [2.45, 2.75) is 40.5 Å². The summed E-state index contributed by atoms with van der Waals surface area (Å²) in [4.78, 5) is 11.8. The predicted octanol–water partition coefficient (Wildman–Crippen LogP) is 3.89. The van der Waals surface area contributed by atoms with E-state index in [9.17, 15) is 4.79 Å². The average molecular weight is 298 g/mol. The van der Waals surface area contributed by atoms with E-state index in [1.165, 1.54) is 0 Å². The summed E-state index contributed by atoms with van der Waals surface area (Å²) in [6, 6.07) is 3.83. The van der Waals surface area contributed by atoms with Crippen LogP contribution in [-0.4, -0.2) is 19.1 Å². The summed E-state index contributed by atoms with van der Waals surface area (Å²) in [5, 5.41) is 3.68. The van der Waals surface area contributed by atoms with Crippen LogP contribution in [0.4, 0.5) is 0 Å². The molecular formula is C16H24ClNO2. The standard InChI is InChI=1S/C16H24ClNO2/c1-5-13(6-2)16(19)18-7-8-20-14-9-11(3)15(17)12(4)10-14/h9-10,13H,5-8H2,1-4H3,(H,18,19). The summed E-state index contributed by atoms with van der Waals surface area (Å²) in [6.45, 7) is 8.96. The van der Waals surface area contributed by atoms with Gasteiger partial charge in [0.05, 0.1) is 6.54 Å². The van der Waals surface area contributed by atoms with Crippen LogP contribution in [-0.2, 0) is 4.79 Å². The van der Waals surface area contributed by atoms with Gasteiger partial charge in [0.2, 0.25) is 5.91 Å². The van der Waals surface area contributed by atoms with Crippen LogP contribution in [0.3, 0.4) is 0 Å². The molecule has 112 valence electrons. The Morgan fingerprint density at radius 1 is 1.25 bits per heavy atom. The highest BCUT2D eigenvalue weighted by Crippen LogP contribution is 2.25. The minimum Gasteiger partial charge on any atom is -0.492 e. The quantitative estimate of drug-likeness (QED) is 0.776. The molecule has 0 unspecified atom stereocenters. The molecule has 1 rings (SSSR count). The lowest BCUT2D eigenvalue weighted by molar-refractivity contribution is -0.125. The molecular weight excluding hydrogens is 274 g/mol. The molecule has 0 fully saturated rings. The first-order valence-electron chi connectivity index (χ1n) is 7.16. The highest BCUT2D eigenvalue weighted by Gasteiger charge is 2.13. The minimum atomic E-state index is 0.107. The topological polar surface area (TPSA) is 38.3 Å². The van der Waals surface area contributed by atoms with Gasteiger partial charge in [-0.05, 0) is 49.9 Å². The van der Waals surface area contributed by atoms with E-state index in [4.69, 9.17) is 16.3 Å². The maximum absolute atomic E-state index is 11.8. The van der Waals surface area contributed by atoms with Gasteiger partial charge in [-0.3, -0.25) is 4.79 Å². The molecule has 1 N–H and O–H groups in total. The van der Waals surface area contributed by atoms with E-state index in [1.807, 2.05) is 39.8 Å². The van der Waals surface area contributed by atoms with Crippen molar-refractivity contribution in [3.8, 4) is 5.75 Å². The van der Waals surface area contributed by atoms with Crippen LogP contribution in [0.15, 0.2) is 12.1 Å². The molecule has 0 spiro atoms. The minimum absolute atomic E-state index is 0.107. The average Bonchev–Trinajstić information content (AvgIpc) is 2.42. The molecule has 0 atom stereocenters. The SMILES string of the molecule is CCC(CC)C(=O)NCCOc1cc(C)c(Cl)c(C)c1. The Balaban J connectivity index is 2.40. The van der Waals surface area contributed by atoms with E-state index < -0.39 is 0 Å². The molecule has 0 bridgehead atoms. The second kappa shape index (κ2) is 8.15. The van der Waals surface area contributed by atoms with Gasteiger partial charge in [0.25, 0.3) is 0 Å². The third-order valence-electron chi connectivity index (χ3n) is 3.44. The second-order valence-electron chi connectivity index (χ2n) is 5.02. The van der Waals surface area contributed by atoms with E-state index in [0.717, 1.165) is 34.7 Å². The van der Waals surface area contributed by atoms with Crippen LogP contribution in [0.25, 0.3) is 0 Å². The van der Waals surface area contributed by atoms with Crippen molar-refractivity contribution in [3.05, 3.63) is 28.3 Å². The number of ether oxygens (including phenoxy) is 1. The molecule has 0 aliphatic heterocycles. The van der Waals surface area contributed by atoms with Crippen LogP contribution in [0, 0.1) is 19.8 Å². The van der Waals surface area contributed by atoms with Crippen molar-refractivity contribution in [2.24, 2.45) is 5.92 Å². The molecule has 1 aromatic carbocycles. The first-order valence-corrected chi connectivity index (χ1v) is 7.54. The summed E-state index contributed by atoms with van der Waals surface area (Å²) < 4.78 is 5.65. The van der Waals surface area contributed by atoms with E-state index in [1.54, 1.807) is 0 Å². The predicted molar refractivity (Wildman–Crippen MR) is 83.5 cm³/mol. The molecule has 0 aliphatic carbocycles. The lowest BCUT2D eigenvalue weighted by atomic mass is 10.0. The number of hydrogen-bond acceptors (Lipinski definition) is 2. The molecule has 0 aromatic heterocycles.